The molecule has 0 radical (unpaired) electrons. The number of ether oxygens (including phenoxy) is 2. The molecule has 2 unspecified atom stereocenters. The molecule has 0 saturated carbocycles. The number of hydrogen-bond donors (Lipinski definition) is 2. The molecule has 0 rings (SSSR count). The van der Waals surface area contributed by atoms with Gasteiger partial charge in [0.2, 0.25) is 5.91 Å². The van der Waals surface area contributed by atoms with Crippen molar-refractivity contribution >= 4 is 31.5 Å². The summed E-state index contributed by atoms with van der Waals surface area (Å²) in [7, 11) is 0. The predicted molar refractivity (Wildman–Crippen MR) is 81.6 cm³/mol. The predicted octanol–water partition coefficient (Wildman–Crippen LogP) is 1.66. The summed E-state index contributed by atoms with van der Waals surface area (Å²) in [6.45, 7) is 8.28. The fourth-order valence-electron chi connectivity index (χ4n) is 1.43. The summed E-state index contributed by atoms with van der Waals surface area (Å²) in [5, 5.41) is 11.3. The van der Waals surface area contributed by atoms with Crippen LogP contribution in [-0.2, 0) is 19.1 Å². The van der Waals surface area contributed by atoms with Crippen molar-refractivity contribution in [2.24, 2.45) is 5.92 Å². The Morgan fingerprint density at radius 3 is 1.95 bits per heavy atom. The van der Waals surface area contributed by atoms with Crippen molar-refractivity contribution in [1.82, 2.24) is 5.32 Å². The highest BCUT2D eigenvalue weighted by Crippen LogP contribution is 2.05. The Balaban J connectivity index is 0. The molecule has 0 aromatic heterocycles. The minimum Gasteiger partial charge on any atom is -0.480 e. The molecule has 0 aliphatic rings. The summed E-state index contributed by atoms with van der Waals surface area (Å²) in [5.41, 5.74) is 0. The number of hydrogen-bond acceptors (Lipinski definition) is 5. The highest BCUT2D eigenvalue weighted by molar-refractivity contribution is 7.59. The number of nitrogens with one attached hydrogen (secondary N) is 1. The van der Waals surface area contributed by atoms with E-state index >= 15 is 0 Å². The number of carbonyl (C=O) groups excluding carboxylic acids is 2. The number of aliphatic carboxylic acids is 1. The zero-order valence-electron chi connectivity index (χ0n) is 13.0. The van der Waals surface area contributed by atoms with Crippen LogP contribution in [0.3, 0.4) is 0 Å². The summed E-state index contributed by atoms with van der Waals surface area (Å²) in [6.07, 6.45) is -1.97. The van der Waals surface area contributed by atoms with Gasteiger partial charge in [-0.2, -0.15) is 13.5 Å². The number of carbonyl (C=O) groups is 3. The van der Waals surface area contributed by atoms with Crippen molar-refractivity contribution in [1.29, 1.82) is 0 Å². The molecule has 7 nitrogen and oxygen atoms in total. The Labute approximate surface area is 131 Å². The lowest BCUT2D eigenvalue weighted by atomic mass is 10.0. The summed E-state index contributed by atoms with van der Waals surface area (Å²) in [6, 6.07) is -0.961. The third-order valence-electron chi connectivity index (χ3n) is 2.35. The molecular weight excluding hydrogens is 298 g/mol. The van der Waals surface area contributed by atoms with Gasteiger partial charge < -0.3 is 19.9 Å². The van der Waals surface area contributed by atoms with Crippen LogP contribution >= 0.6 is 13.5 Å². The van der Waals surface area contributed by atoms with E-state index in [1.165, 1.54) is 6.92 Å². The van der Waals surface area contributed by atoms with Gasteiger partial charge in [0.05, 0.1) is 12.5 Å². The van der Waals surface area contributed by atoms with Crippen molar-refractivity contribution < 1.29 is 29.0 Å². The second-order valence-corrected chi connectivity index (χ2v) is 5.18. The molecule has 21 heavy (non-hydrogen) atoms. The van der Waals surface area contributed by atoms with Crippen LogP contribution in [0.15, 0.2) is 0 Å². The number of carboxylic acids is 1. The first-order valence-electron chi connectivity index (χ1n) is 6.52. The molecule has 2 atom stereocenters. The number of rotatable bonds is 7. The Morgan fingerprint density at radius 1 is 1.05 bits per heavy atom. The zero-order chi connectivity index (χ0) is 15.9. The van der Waals surface area contributed by atoms with Gasteiger partial charge in [-0.1, -0.05) is 13.8 Å². The smallest absolute Gasteiger partial charge is 0.480 e. The van der Waals surface area contributed by atoms with Gasteiger partial charge in [-0.05, 0) is 26.7 Å². The first kappa shape index (κ1) is 21.9. The lowest BCUT2D eigenvalue weighted by molar-refractivity contribution is -0.143. The summed E-state index contributed by atoms with van der Waals surface area (Å²) in [5.74, 6) is -1.82. The Morgan fingerprint density at radius 2 is 1.57 bits per heavy atom. The standard InChI is InChI=1S/C13H23NO6.H2S/c1-7(2)11(12(16)17)14-10(15)6-9(5)20-13(18)19-8(3)4;/h7-9,11H,6H2,1-5H3,(H,14,15)(H,16,17);1H2. The lowest BCUT2D eigenvalue weighted by Gasteiger charge is -2.19. The molecule has 0 aliphatic heterocycles. The van der Waals surface area contributed by atoms with Crippen LogP contribution in [0, 0.1) is 5.92 Å². The van der Waals surface area contributed by atoms with Gasteiger partial charge in [-0.25, -0.2) is 9.59 Å². The molecule has 2 N–H and O–H groups in total. The van der Waals surface area contributed by atoms with Crippen LogP contribution in [0.5, 0.6) is 0 Å². The maximum absolute atomic E-state index is 11.7. The summed E-state index contributed by atoms with van der Waals surface area (Å²) in [4.78, 5) is 33.8. The minimum atomic E-state index is -1.10. The Bertz CT molecular complexity index is 359. The van der Waals surface area contributed by atoms with E-state index in [1.807, 2.05) is 0 Å². The van der Waals surface area contributed by atoms with Crippen LogP contribution in [0.1, 0.15) is 41.0 Å². The molecule has 0 saturated heterocycles. The van der Waals surface area contributed by atoms with Crippen LogP contribution in [0.25, 0.3) is 0 Å². The fourth-order valence-corrected chi connectivity index (χ4v) is 1.43. The lowest BCUT2D eigenvalue weighted by Crippen LogP contribution is -2.45. The second kappa shape index (κ2) is 10.3. The van der Waals surface area contributed by atoms with E-state index in [9.17, 15) is 14.4 Å². The zero-order valence-corrected chi connectivity index (χ0v) is 14.0. The van der Waals surface area contributed by atoms with Gasteiger partial charge in [0, 0.05) is 0 Å². The maximum atomic E-state index is 11.7. The van der Waals surface area contributed by atoms with Gasteiger partial charge in [-0.3, -0.25) is 4.79 Å². The third kappa shape index (κ3) is 10.0. The van der Waals surface area contributed by atoms with Crippen molar-refractivity contribution in [3.05, 3.63) is 0 Å². The maximum Gasteiger partial charge on any atom is 0.508 e. The first-order chi connectivity index (χ1) is 9.13. The van der Waals surface area contributed by atoms with E-state index in [2.05, 4.69) is 5.32 Å². The minimum absolute atomic E-state index is 0. The average Bonchev–Trinajstić information content (AvgIpc) is 2.22. The van der Waals surface area contributed by atoms with E-state index in [-0.39, 0.29) is 31.9 Å². The summed E-state index contributed by atoms with van der Waals surface area (Å²) >= 11 is 0. The molecule has 0 aromatic rings. The van der Waals surface area contributed by atoms with Crippen LogP contribution < -0.4 is 5.32 Å². The Kier molecular flexibility index (Phi) is 10.7. The molecule has 0 aliphatic carbocycles. The molecule has 0 bridgehead atoms. The fraction of sp³-hybridized carbons (Fsp3) is 0.769. The van der Waals surface area contributed by atoms with Crippen LogP contribution in [0.2, 0.25) is 0 Å². The van der Waals surface area contributed by atoms with Gasteiger partial charge >= 0.3 is 12.1 Å². The van der Waals surface area contributed by atoms with Gasteiger partial charge in [0.25, 0.3) is 0 Å². The topological polar surface area (TPSA) is 102 Å². The number of amides is 1. The molecule has 0 fully saturated rings. The number of carboxylic acid groups (broad SMARTS) is 1. The van der Waals surface area contributed by atoms with E-state index < -0.39 is 30.2 Å². The Hall–Kier alpha value is -1.44. The highest BCUT2D eigenvalue weighted by Gasteiger charge is 2.24. The molecule has 0 aromatic carbocycles. The molecule has 124 valence electrons. The van der Waals surface area contributed by atoms with Crippen LogP contribution in [0.4, 0.5) is 4.79 Å². The monoisotopic (exact) mass is 323 g/mol. The molecule has 0 heterocycles. The van der Waals surface area contributed by atoms with Gasteiger partial charge in [0.1, 0.15) is 12.1 Å². The normalized spacial score (nSPS) is 13.1. The SMILES string of the molecule is CC(C)OC(=O)OC(C)CC(=O)NC(C(=O)O)C(C)C.S. The highest BCUT2D eigenvalue weighted by atomic mass is 32.1. The summed E-state index contributed by atoms with van der Waals surface area (Å²) < 4.78 is 9.64. The van der Waals surface area contributed by atoms with E-state index in [4.69, 9.17) is 14.6 Å². The molecule has 8 heteroatoms. The molecule has 1 amide bonds. The average molecular weight is 323 g/mol. The molecule has 0 spiro atoms. The van der Waals surface area contributed by atoms with E-state index in [1.54, 1.807) is 27.7 Å². The van der Waals surface area contributed by atoms with Crippen LogP contribution in [-0.4, -0.2) is 41.4 Å². The molecular formula is C13H25NO6S. The van der Waals surface area contributed by atoms with Crippen molar-refractivity contribution in [2.75, 3.05) is 0 Å². The quantitative estimate of drug-likeness (QED) is 0.691. The van der Waals surface area contributed by atoms with Crippen molar-refractivity contribution in [3.63, 3.8) is 0 Å². The van der Waals surface area contributed by atoms with Gasteiger partial charge in [0.15, 0.2) is 0 Å². The van der Waals surface area contributed by atoms with Crippen molar-refractivity contribution in [3.8, 4) is 0 Å². The van der Waals surface area contributed by atoms with E-state index in [0.717, 1.165) is 0 Å². The van der Waals surface area contributed by atoms with Crippen molar-refractivity contribution in [2.45, 2.75) is 59.3 Å². The van der Waals surface area contributed by atoms with Gasteiger partial charge in [-0.15, -0.1) is 0 Å². The third-order valence-corrected chi connectivity index (χ3v) is 2.35. The van der Waals surface area contributed by atoms with E-state index in [0.29, 0.717) is 0 Å². The largest absolute Gasteiger partial charge is 0.508 e. The second-order valence-electron chi connectivity index (χ2n) is 5.18. The first-order valence-corrected chi connectivity index (χ1v) is 6.52.